The standard InChI is InChI=1S/C12H12O3/c1-2-11(8-13)12(14)15-9-10-6-4-3-5-7-10/h3-7H,2,9H2,1H3. The van der Waals surface area contributed by atoms with Gasteiger partial charge < -0.3 is 4.74 Å². The van der Waals surface area contributed by atoms with Crippen LogP contribution < -0.4 is 0 Å². The van der Waals surface area contributed by atoms with Gasteiger partial charge in [0.1, 0.15) is 18.1 Å². The number of carbonyl (C=O) groups excluding carboxylic acids is 2. The first-order chi connectivity index (χ1) is 7.27. The maximum Gasteiger partial charge on any atom is 0.345 e. The average molecular weight is 204 g/mol. The molecule has 3 heteroatoms. The van der Waals surface area contributed by atoms with Crippen LogP contribution in [-0.2, 0) is 20.9 Å². The molecule has 3 nitrogen and oxygen atoms in total. The first-order valence-electron chi connectivity index (χ1n) is 4.73. The molecule has 0 amide bonds. The summed E-state index contributed by atoms with van der Waals surface area (Å²) in [5, 5.41) is 0. The molecule has 0 aliphatic rings. The molecule has 1 rings (SSSR count). The van der Waals surface area contributed by atoms with Crippen molar-refractivity contribution in [3.8, 4) is 0 Å². The minimum atomic E-state index is -0.587. The van der Waals surface area contributed by atoms with Crippen LogP contribution in [0.5, 0.6) is 0 Å². The van der Waals surface area contributed by atoms with E-state index in [1.54, 1.807) is 12.9 Å². The predicted molar refractivity (Wildman–Crippen MR) is 55.7 cm³/mol. The zero-order chi connectivity index (χ0) is 11.1. The molecule has 15 heavy (non-hydrogen) atoms. The van der Waals surface area contributed by atoms with Crippen LogP contribution in [-0.4, -0.2) is 11.9 Å². The van der Waals surface area contributed by atoms with Gasteiger partial charge >= 0.3 is 5.97 Å². The largest absolute Gasteiger partial charge is 0.457 e. The van der Waals surface area contributed by atoms with Gasteiger partial charge in [0.05, 0.1) is 0 Å². The van der Waals surface area contributed by atoms with E-state index in [2.05, 4.69) is 0 Å². The van der Waals surface area contributed by atoms with Crippen LogP contribution in [0.1, 0.15) is 18.9 Å². The van der Waals surface area contributed by atoms with E-state index < -0.39 is 5.97 Å². The maximum absolute atomic E-state index is 11.3. The van der Waals surface area contributed by atoms with Crippen LogP contribution in [0.15, 0.2) is 35.9 Å². The van der Waals surface area contributed by atoms with Crippen molar-refractivity contribution in [2.75, 3.05) is 0 Å². The Morgan fingerprint density at radius 3 is 2.53 bits per heavy atom. The summed E-state index contributed by atoms with van der Waals surface area (Å²) in [4.78, 5) is 21.6. The molecular formula is C12H12O3. The summed E-state index contributed by atoms with van der Waals surface area (Å²) in [6.07, 6.45) is 0.344. The summed E-state index contributed by atoms with van der Waals surface area (Å²) in [5.41, 5.74) is 0.943. The van der Waals surface area contributed by atoms with Gasteiger partial charge in [0.25, 0.3) is 0 Å². The lowest BCUT2D eigenvalue weighted by atomic mass is 10.2. The molecule has 0 saturated heterocycles. The quantitative estimate of drug-likeness (QED) is 0.427. The Bertz CT molecular complexity index is 375. The van der Waals surface area contributed by atoms with Gasteiger partial charge in [-0.1, -0.05) is 37.3 Å². The third-order valence-corrected chi connectivity index (χ3v) is 1.94. The molecule has 0 unspecified atom stereocenters. The molecule has 0 fully saturated rings. The zero-order valence-corrected chi connectivity index (χ0v) is 8.53. The molecule has 0 aliphatic heterocycles. The van der Waals surface area contributed by atoms with E-state index in [1.165, 1.54) is 0 Å². The van der Waals surface area contributed by atoms with Gasteiger partial charge in [0.15, 0.2) is 0 Å². The first-order valence-corrected chi connectivity index (χ1v) is 4.73. The van der Waals surface area contributed by atoms with Crippen molar-refractivity contribution in [3.05, 3.63) is 41.5 Å². The highest BCUT2D eigenvalue weighted by atomic mass is 16.5. The maximum atomic E-state index is 11.3. The van der Waals surface area contributed by atoms with Crippen molar-refractivity contribution in [3.63, 3.8) is 0 Å². The van der Waals surface area contributed by atoms with Crippen LogP contribution in [0.4, 0.5) is 0 Å². The second kappa shape index (κ2) is 5.78. The lowest BCUT2D eigenvalue weighted by molar-refractivity contribution is -0.140. The van der Waals surface area contributed by atoms with Gasteiger partial charge in [-0.3, -0.25) is 0 Å². The van der Waals surface area contributed by atoms with Crippen LogP contribution in [0.25, 0.3) is 0 Å². The van der Waals surface area contributed by atoms with Gasteiger partial charge in [-0.05, 0) is 12.0 Å². The molecule has 0 bridgehead atoms. The summed E-state index contributed by atoms with van der Waals surface area (Å²) < 4.78 is 4.93. The topological polar surface area (TPSA) is 43.4 Å². The molecule has 1 aromatic rings. The number of esters is 1. The highest BCUT2D eigenvalue weighted by Gasteiger charge is 2.09. The van der Waals surface area contributed by atoms with E-state index in [0.29, 0.717) is 6.42 Å². The molecule has 0 saturated carbocycles. The van der Waals surface area contributed by atoms with Crippen LogP contribution in [0.3, 0.4) is 0 Å². The van der Waals surface area contributed by atoms with E-state index in [-0.39, 0.29) is 12.2 Å². The SMILES string of the molecule is CCC(=C=O)C(=O)OCc1ccccc1. The molecule has 0 heterocycles. The molecular weight excluding hydrogens is 192 g/mol. The molecule has 0 atom stereocenters. The highest BCUT2D eigenvalue weighted by Crippen LogP contribution is 2.04. The van der Waals surface area contributed by atoms with E-state index in [4.69, 9.17) is 4.74 Å². The first kappa shape index (κ1) is 11.2. The molecule has 78 valence electrons. The van der Waals surface area contributed by atoms with Crippen molar-refractivity contribution < 1.29 is 14.3 Å². The smallest absolute Gasteiger partial charge is 0.345 e. The van der Waals surface area contributed by atoms with Crippen LogP contribution in [0, 0.1) is 0 Å². The fourth-order valence-electron chi connectivity index (χ4n) is 1.07. The minimum absolute atomic E-state index is 0.0472. The van der Waals surface area contributed by atoms with Gasteiger partial charge in [0.2, 0.25) is 0 Å². The zero-order valence-electron chi connectivity index (χ0n) is 8.53. The Hall–Kier alpha value is -1.86. The van der Waals surface area contributed by atoms with E-state index in [0.717, 1.165) is 5.56 Å². The van der Waals surface area contributed by atoms with Gasteiger partial charge in [-0.15, -0.1) is 0 Å². The molecule has 0 spiro atoms. The summed E-state index contributed by atoms with van der Waals surface area (Å²) in [6, 6.07) is 9.31. The summed E-state index contributed by atoms with van der Waals surface area (Å²) in [6.45, 7) is 1.90. The van der Waals surface area contributed by atoms with Crippen molar-refractivity contribution in [2.45, 2.75) is 20.0 Å². The van der Waals surface area contributed by atoms with Gasteiger partial charge in [0, 0.05) is 0 Å². The molecule has 0 N–H and O–H groups in total. The predicted octanol–water partition coefficient (Wildman–Crippen LogP) is 1.90. The lowest BCUT2D eigenvalue weighted by Crippen LogP contribution is -2.07. The van der Waals surface area contributed by atoms with E-state index >= 15 is 0 Å². The second-order valence-electron chi connectivity index (χ2n) is 3.00. The number of hydrogen-bond acceptors (Lipinski definition) is 3. The minimum Gasteiger partial charge on any atom is -0.457 e. The summed E-state index contributed by atoms with van der Waals surface area (Å²) in [7, 11) is 0. The monoisotopic (exact) mass is 204 g/mol. The van der Waals surface area contributed by atoms with E-state index in [9.17, 15) is 9.59 Å². The molecule has 0 aromatic heterocycles. The Morgan fingerprint density at radius 1 is 1.33 bits per heavy atom. The van der Waals surface area contributed by atoms with Crippen molar-refractivity contribution >= 4 is 11.9 Å². The van der Waals surface area contributed by atoms with Crippen LogP contribution >= 0.6 is 0 Å². The second-order valence-corrected chi connectivity index (χ2v) is 3.00. The summed E-state index contributed by atoms with van der Waals surface area (Å²) in [5.74, 6) is 0.993. The number of hydrogen-bond donors (Lipinski definition) is 0. The third-order valence-electron chi connectivity index (χ3n) is 1.94. The van der Waals surface area contributed by atoms with Crippen molar-refractivity contribution in [1.82, 2.24) is 0 Å². The molecule has 0 aliphatic carbocycles. The number of rotatable bonds is 4. The third kappa shape index (κ3) is 3.41. The number of ether oxygens (including phenoxy) is 1. The normalized spacial score (nSPS) is 9.13. The van der Waals surface area contributed by atoms with Crippen LogP contribution in [0.2, 0.25) is 0 Å². The van der Waals surface area contributed by atoms with Crippen molar-refractivity contribution in [2.24, 2.45) is 0 Å². The Morgan fingerprint density at radius 2 is 2.00 bits per heavy atom. The highest BCUT2D eigenvalue weighted by molar-refractivity contribution is 5.96. The Labute approximate surface area is 88.4 Å². The van der Waals surface area contributed by atoms with E-state index in [1.807, 2.05) is 30.3 Å². The Kier molecular flexibility index (Phi) is 4.32. The molecule has 1 aromatic carbocycles. The van der Waals surface area contributed by atoms with Gasteiger partial charge in [-0.25, -0.2) is 9.59 Å². The fourth-order valence-corrected chi connectivity index (χ4v) is 1.07. The Balaban J connectivity index is 2.51. The lowest BCUT2D eigenvalue weighted by Gasteiger charge is -2.03. The average Bonchev–Trinajstić information content (AvgIpc) is 2.29. The van der Waals surface area contributed by atoms with Gasteiger partial charge in [-0.2, -0.15) is 0 Å². The fraction of sp³-hybridized carbons (Fsp3) is 0.250. The molecule has 0 radical (unpaired) electrons. The summed E-state index contributed by atoms with van der Waals surface area (Å²) >= 11 is 0. The van der Waals surface area contributed by atoms with Crippen molar-refractivity contribution in [1.29, 1.82) is 0 Å². The number of benzene rings is 1. The number of carbonyl (C=O) groups is 1.